The van der Waals surface area contributed by atoms with Crippen molar-refractivity contribution in [1.82, 2.24) is 10.2 Å². The highest BCUT2D eigenvalue weighted by atomic mass is 32.2. The van der Waals surface area contributed by atoms with Crippen molar-refractivity contribution in [2.24, 2.45) is 0 Å². The Morgan fingerprint density at radius 3 is 2.19 bits per heavy atom. The molecule has 3 rings (SSSR count). The van der Waals surface area contributed by atoms with Gasteiger partial charge in [-0.2, -0.15) is 0 Å². The van der Waals surface area contributed by atoms with Crippen LogP contribution in [0.4, 0.5) is 5.69 Å². The predicted octanol–water partition coefficient (Wildman–Crippen LogP) is 3.75. The predicted molar refractivity (Wildman–Crippen MR) is 144 cm³/mol. The van der Waals surface area contributed by atoms with E-state index in [4.69, 9.17) is 4.74 Å². The monoisotopic (exact) mass is 523 g/mol. The van der Waals surface area contributed by atoms with Crippen molar-refractivity contribution in [3.05, 3.63) is 90.0 Å². The lowest BCUT2D eigenvalue weighted by Crippen LogP contribution is -2.51. The van der Waals surface area contributed by atoms with Gasteiger partial charge in [-0.25, -0.2) is 8.42 Å². The van der Waals surface area contributed by atoms with Gasteiger partial charge in [-0.3, -0.25) is 13.9 Å². The fourth-order valence-corrected chi connectivity index (χ4v) is 5.30. The zero-order chi connectivity index (χ0) is 27.0. The van der Waals surface area contributed by atoms with Gasteiger partial charge < -0.3 is 15.0 Å². The van der Waals surface area contributed by atoms with Crippen LogP contribution in [0.3, 0.4) is 0 Å². The molecule has 0 aliphatic carbocycles. The number of rotatable bonds is 11. The molecule has 0 fully saturated rings. The van der Waals surface area contributed by atoms with E-state index in [9.17, 15) is 18.0 Å². The Morgan fingerprint density at radius 2 is 1.57 bits per heavy atom. The molecule has 8 nitrogen and oxygen atoms in total. The first-order valence-corrected chi connectivity index (χ1v) is 13.5. The molecule has 9 heteroatoms. The number of para-hydroxylation sites is 2. The summed E-state index contributed by atoms with van der Waals surface area (Å²) >= 11 is 0. The fraction of sp³-hybridized carbons (Fsp3) is 0.286. The van der Waals surface area contributed by atoms with Crippen LogP contribution in [0, 0.1) is 6.92 Å². The highest BCUT2D eigenvalue weighted by Gasteiger charge is 2.33. The minimum Gasteiger partial charge on any atom is -0.495 e. The molecule has 37 heavy (non-hydrogen) atoms. The van der Waals surface area contributed by atoms with Gasteiger partial charge in [0.15, 0.2) is 0 Å². The average molecular weight is 524 g/mol. The molecule has 196 valence electrons. The van der Waals surface area contributed by atoms with E-state index in [1.807, 2.05) is 37.3 Å². The Hall–Kier alpha value is -3.85. The Bertz CT molecular complexity index is 1310. The maximum atomic E-state index is 13.9. The van der Waals surface area contributed by atoms with Crippen molar-refractivity contribution in [2.45, 2.75) is 38.3 Å². The van der Waals surface area contributed by atoms with Gasteiger partial charge in [-0.05, 0) is 50.6 Å². The third-order valence-electron chi connectivity index (χ3n) is 5.96. The summed E-state index contributed by atoms with van der Waals surface area (Å²) in [6.45, 7) is 5.32. The quantitative estimate of drug-likeness (QED) is 0.413. The maximum Gasteiger partial charge on any atom is 0.264 e. The maximum absolute atomic E-state index is 13.9. The molecule has 0 spiro atoms. The number of amides is 2. The Balaban J connectivity index is 2.06. The summed E-state index contributed by atoms with van der Waals surface area (Å²) in [5.74, 6) is -0.543. The number of hydrogen-bond donors (Lipinski definition) is 1. The molecule has 1 N–H and O–H groups in total. The lowest BCUT2D eigenvalue weighted by Gasteiger charge is -2.32. The molecule has 0 aliphatic rings. The summed E-state index contributed by atoms with van der Waals surface area (Å²) in [4.78, 5) is 28.0. The van der Waals surface area contributed by atoms with E-state index in [2.05, 4.69) is 5.32 Å². The molecule has 0 heterocycles. The number of nitrogens with zero attached hydrogens (tertiary/aromatic N) is 2. The number of carbonyl (C=O) groups excluding carboxylic acids is 2. The van der Waals surface area contributed by atoms with E-state index in [-0.39, 0.29) is 23.0 Å². The number of aryl methyl sites for hydroxylation is 1. The molecule has 3 aromatic rings. The van der Waals surface area contributed by atoms with Crippen LogP contribution in [-0.2, 0) is 26.2 Å². The van der Waals surface area contributed by atoms with E-state index in [0.29, 0.717) is 12.3 Å². The largest absolute Gasteiger partial charge is 0.495 e. The van der Waals surface area contributed by atoms with Crippen LogP contribution in [0.15, 0.2) is 83.8 Å². The lowest BCUT2D eigenvalue weighted by molar-refractivity contribution is -0.139. The first kappa shape index (κ1) is 27.7. The minimum absolute atomic E-state index is 0.0446. The third kappa shape index (κ3) is 6.68. The number of ether oxygens (including phenoxy) is 1. The minimum atomic E-state index is -4.16. The zero-order valence-electron chi connectivity index (χ0n) is 21.5. The molecule has 2 amide bonds. The number of sulfonamides is 1. The van der Waals surface area contributed by atoms with Crippen LogP contribution in [0.1, 0.15) is 25.0 Å². The Kier molecular flexibility index (Phi) is 9.30. The number of methoxy groups -OCH3 is 1. The average Bonchev–Trinajstić information content (AvgIpc) is 2.90. The van der Waals surface area contributed by atoms with E-state index in [1.165, 1.54) is 24.1 Å². The van der Waals surface area contributed by atoms with E-state index in [0.717, 1.165) is 15.4 Å². The van der Waals surface area contributed by atoms with Crippen molar-refractivity contribution in [1.29, 1.82) is 0 Å². The first-order valence-electron chi connectivity index (χ1n) is 12.0. The van der Waals surface area contributed by atoms with Gasteiger partial charge in [-0.1, -0.05) is 60.2 Å². The van der Waals surface area contributed by atoms with E-state index in [1.54, 1.807) is 50.2 Å². The van der Waals surface area contributed by atoms with Crippen molar-refractivity contribution >= 4 is 27.5 Å². The number of likely N-dealkylation sites (N-methyl/N-ethyl adjacent to an activating group) is 1. The summed E-state index contributed by atoms with van der Waals surface area (Å²) in [6, 6.07) is 21.5. The second kappa shape index (κ2) is 12.4. The summed E-state index contributed by atoms with van der Waals surface area (Å²) in [5.41, 5.74) is 1.95. The van der Waals surface area contributed by atoms with Crippen molar-refractivity contribution in [2.75, 3.05) is 24.5 Å². The first-order chi connectivity index (χ1) is 17.7. The number of hydrogen-bond acceptors (Lipinski definition) is 5. The third-order valence-corrected chi connectivity index (χ3v) is 7.73. The van der Waals surface area contributed by atoms with Crippen LogP contribution in [0.5, 0.6) is 5.75 Å². The Labute approximate surface area is 218 Å². The van der Waals surface area contributed by atoms with Gasteiger partial charge in [0.1, 0.15) is 18.3 Å². The standard InChI is InChI=1S/C28H33N3O5S/c1-5-29-28(33)22(3)30(19-23-11-7-6-8-12-23)27(32)20-31(25-13-9-10-14-26(25)36-4)37(34,35)24-17-15-21(2)16-18-24/h6-18,22H,5,19-20H2,1-4H3,(H,29,33). The smallest absolute Gasteiger partial charge is 0.264 e. The Morgan fingerprint density at radius 1 is 0.946 bits per heavy atom. The van der Waals surface area contributed by atoms with Crippen molar-refractivity contribution in [3.8, 4) is 5.75 Å². The van der Waals surface area contributed by atoms with Crippen LogP contribution in [0.25, 0.3) is 0 Å². The number of nitrogens with one attached hydrogen (secondary N) is 1. The molecular weight excluding hydrogens is 490 g/mol. The van der Waals surface area contributed by atoms with Crippen molar-refractivity contribution < 1.29 is 22.7 Å². The summed E-state index contributed by atoms with van der Waals surface area (Å²) in [5, 5.41) is 2.75. The summed E-state index contributed by atoms with van der Waals surface area (Å²) in [7, 11) is -2.72. The van der Waals surface area contributed by atoms with Crippen LogP contribution in [-0.4, -0.2) is 51.4 Å². The molecule has 0 radical (unpaired) electrons. The second-order valence-electron chi connectivity index (χ2n) is 8.57. The zero-order valence-corrected chi connectivity index (χ0v) is 22.4. The SMILES string of the molecule is CCNC(=O)C(C)N(Cc1ccccc1)C(=O)CN(c1ccccc1OC)S(=O)(=O)c1ccc(C)cc1. The van der Waals surface area contributed by atoms with E-state index >= 15 is 0 Å². The van der Waals surface area contributed by atoms with E-state index < -0.39 is 28.5 Å². The normalized spacial score (nSPS) is 11.9. The second-order valence-corrected chi connectivity index (χ2v) is 10.4. The molecule has 0 aromatic heterocycles. The molecule has 0 saturated heterocycles. The highest BCUT2D eigenvalue weighted by Crippen LogP contribution is 2.32. The van der Waals surface area contributed by atoms with Crippen LogP contribution in [0.2, 0.25) is 0 Å². The van der Waals surface area contributed by atoms with Crippen LogP contribution >= 0.6 is 0 Å². The fourth-order valence-electron chi connectivity index (χ4n) is 3.87. The lowest BCUT2D eigenvalue weighted by atomic mass is 10.1. The van der Waals surface area contributed by atoms with Gasteiger partial charge in [-0.15, -0.1) is 0 Å². The number of anilines is 1. The van der Waals surface area contributed by atoms with Gasteiger partial charge >= 0.3 is 0 Å². The number of carbonyl (C=O) groups is 2. The molecule has 0 saturated carbocycles. The molecule has 1 atom stereocenters. The van der Waals surface area contributed by atoms with Gasteiger partial charge in [0.05, 0.1) is 17.7 Å². The van der Waals surface area contributed by atoms with Crippen molar-refractivity contribution in [3.63, 3.8) is 0 Å². The summed E-state index contributed by atoms with van der Waals surface area (Å²) in [6.07, 6.45) is 0. The molecule has 0 bridgehead atoms. The summed E-state index contributed by atoms with van der Waals surface area (Å²) < 4.78 is 34.2. The molecule has 1 unspecified atom stereocenters. The topological polar surface area (TPSA) is 96.0 Å². The molecule has 0 aliphatic heterocycles. The number of benzene rings is 3. The van der Waals surface area contributed by atoms with Crippen LogP contribution < -0.4 is 14.4 Å². The van der Waals surface area contributed by atoms with Gasteiger partial charge in [0, 0.05) is 13.1 Å². The highest BCUT2D eigenvalue weighted by molar-refractivity contribution is 7.92. The molecular formula is C28H33N3O5S. The van der Waals surface area contributed by atoms with Gasteiger partial charge in [0.2, 0.25) is 11.8 Å². The van der Waals surface area contributed by atoms with Gasteiger partial charge in [0.25, 0.3) is 10.0 Å². The molecule has 3 aromatic carbocycles.